The van der Waals surface area contributed by atoms with E-state index in [2.05, 4.69) is 67.7 Å². The molecule has 22 heavy (non-hydrogen) atoms. The van der Waals surface area contributed by atoms with Crippen LogP contribution < -0.4 is 5.32 Å². The van der Waals surface area contributed by atoms with Gasteiger partial charge in [0.05, 0.1) is 6.04 Å². The molecule has 0 aromatic heterocycles. The summed E-state index contributed by atoms with van der Waals surface area (Å²) in [6, 6.07) is 8.92. The van der Waals surface area contributed by atoms with E-state index in [1.54, 1.807) is 0 Å². The number of carbonyl (C=O) groups is 1. The van der Waals surface area contributed by atoms with E-state index in [-0.39, 0.29) is 11.9 Å². The number of allylic oxidation sites excluding steroid dienone is 2. The lowest BCUT2D eigenvalue weighted by molar-refractivity contribution is -0.121. The SMILES string of the molecule is CCc1ccc(C(CNC(=O)CC2C=CCC2)N(C)C)cc1. The minimum absolute atomic E-state index is 0.161. The number of aryl methyl sites for hydroxylation is 1. The molecule has 1 aromatic carbocycles. The van der Waals surface area contributed by atoms with Crippen molar-refractivity contribution in [3.8, 4) is 0 Å². The summed E-state index contributed by atoms with van der Waals surface area (Å²) >= 11 is 0. The maximum Gasteiger partial charge on any atom is 0.220 e. The molecule has 1 aliphatic carbocycles. The van der Waals surface area contributed by atoms with Crippen LogP contribution >= 0.6 is 0 Å². The van der Waals surface area contributed by atoms with Crippen LogP contribution in [-0.2, 0) is 11.2 Å². The fraction of sp³-hybridized carbons (Fsp3) is 0.526. The number of nitrogens with zero attached hydrogens (tertiary/aromatic N) is 1. The molecule has 2 rings (SSSR count). The first-order valence-electron chi connectivity index (χ1n) is 8.28. The zero-order valence-corrected chi connectivity index (χ0v) is 14.0. The van der Waals surface area contributed by atoms with Crippen molar-refractivity contribution in [2.45, 2.75) is 38.6 Å². The van der Waals surface area contributed by atoms with Crippen LogP contribution in [0.2, 0.25) is 0 Å². The van der Waals surface area contributed by atoms with Crippen molar-refractivity contribution in [2.75, 3.05) is 20.6 Å². The van der Waals surface area contributed by atoms with Crippen molar-refractivity contribution in [3.05, 3.63) is 47.5 Å². The Bertz CT molecular complexity index is 505. The van der Waals surface area contributed by atoms with Gasteiger partial charge in [0.2, 0.25) is 5.91 Å². The highest BCUT2D eigenvalue weighted by molar-refractivity contribution is 5.76. The van der Waals surface area contributed by atoms with Gasteiger partial charge in [0.1, 0.15) is 0 Å². The van der Waals surface area contributed by atoms with E-state index in [0.29, 0.717) is 18.9 Å². The Morgan fingerprint density at radius 3 is 2.59 bits per heavy atom. The van der Waals surface area contributed by atoms with Gasteiger partial charge in [-0.25, -0.2) is 0 Å². The van der Waals surface area contributed by atoms with Gasteiger partial charge >= 0.3 is 0 Å². The topological polar surface area (TPSA) is 32.3 Å². The third kappa shape index (κ3) is 4.70. The summed E-state index contributed by atoms with van der Waals surface area (Å²) in [4.78, 5) is 14.3. The van der Waals surface area contributed by atoms with E-state index in [1.165, 1.54) is 11.1 Å². The molecule has 0 radical (unpaired) electrons. The number of nitrogens with one attached hydrogen (secondary N) is 1. The van der Waals surface area contributed by atoms with Crippen molar-refractivity contribution in [1.82, 2.24) is 10.2 Å². The fourth-order valence-corrected chi connectivity index (χ4v) is 2.96. The lowest BCUT2D eigenvalue weighted by Crippen LogP contribution is -2.35. The van der Waals surface area contributed by atoms with E-state index in [0.717, 1.165) is 19.3 Å². The number of benzene rings is 1. The largest absolute Gasteiger partial charge is 0.354 e. The number of rotatable bonds is 7. The lowest BCUT2D eigenvalue weighted by atomic mass is 10.0. The molecule has 0 fully saturated rings. The maximum atomic E-state index is 12.1. The standard InChI is InChI=1S/C19H28N2O/c1-4-15-9-11-17(12-10-15)18(21(2)3)14-20-19(22)13-16-7-5-6-8-16/h5,7,9-12,16,18H,4,6,8,13-14H2,1-3H3,(H,20,22). The summed E-state index contributed by atoms with van der Waals surface area (Å²) < 4.78 is 0. The monoisotopic (exact) mass is 300 g/mol. The van der Waals surface area contributed by atoms with Crippen molar-refractivity contribution < 1.29 is 4.79 Å². The summed E-state index contributed by atoms with van der Waals surface area (Å²) in [5, 5.41) is 3.10. The molecule has 120 valence electrons. The Morgan fingerprint density at radius 2 is 2.05 bits per heavy atom. The van der Waals surface area contributed by atoms with Crippen molar-refractivity contribution in [2.24, 2.45) is 5.92 Å². The average Bonchev–Trinajstić information content (AvgIpc) is 3.00. The second kappa shape index (κ2) is 8.14. The van der Waals surface area contributed by atoms with Crippen LogP contribution in [0.4, 0.5) is 0 Å². The van der Waals surface area contributed by atoms with Crippen molar-refractivity contribution in [3.63, 3.8) is 0 Å². The molecule has 1 aromatic rings. The van der Waals surface area contributed by atoms with Crippen molar-refractivity contribution in [1.29, 1.82) is 0 Å². The van der Waals surface area contributed by atoms with Gasteiger partial charge < -0.3 is 10.2 Å². The molecule has 0 saturated carbocycles. The van der Waals surface area contributed by atoms with Crippen LogP contribution in [0.1, 0.15) is 43.4 Å². The minimum Gasteiger partial charge on any atom is -0.354 e. The second-order valence-corrected chi connectivity index (χ2v) is 6.35. The van der Waals surface area contributed by atoms with E-state index in [1.807, 2.05) is 0 Å². The summed E-state index contributed by atoms with van der Waals surface area (Å²) in [6.07, 6.45) is 8.25. The zero-order chi connectivity index (χ0) is 15.9. The summed E-state index contributed by atoms with van der Waals surface area (Å²) in [7, 11) is 4.12. The highest BCUT2D eigenvalue weighted by Crippen LogP contribution is 2.21. The maximum absolute atomic E-state index is 12.1. The Balaban J connectivity index is 1.90. The zero-order valence-electron chi connectivity index (χ0n) is 14.0. The quantitative estimate of drug-likeness (QED) is 0.783. The molecule has 0 spiro atoms. The minimum atomic E-state index is 0.161. The number of hydrogen-bond acceptors (Lipinski definition) is 2. The molecule has 0 aliphatic heterocycles. The third-order valence-electron chi connectivity index (χ3n) is 4.45. The highest BCUT2D eigenvalue weighted by atomic mass is 16.1. The average molecular weight is 300 g/mol. The predicted molar refractivity (Wildman–Crippen MR) is 91.7 cm³/mol. The summed E-state index contributed by atoms with van der Waals surface area (Å²) in [5.41, 5.74) is 2.60. The van der Waals surface area contributed by atoms with Crippen LogP contribution in [0.5, 0.6) is 0 Å². The first-order chi connectivity index (χ1) is 10.6. The highest BCUT2D eigenvalue weighted by Gasteiger charge is 2.17. The van der Waals surface area contributed by atoms with Gasteiger partial charge in [0, 0.05) is 13.0 Å². The van der Waals surface area contributed by atoms with E-state index in [9.17, 15) is 4.79 Å². The molecular weight excluding hydrogens is 272 g/mol. The van der Waals surface area contributed by atoms with Crippen LogP contribution in [0.15, 0.2) is 36.4 Å². The molecule has 3 nitrogen and oxygen atoms in total. The van der Waals surface area contributed by atoms with Gasteiger partial charge in [-0.1, -0.05) is 43.3 Å². The van der Waals surface area contributed by atoms with E-state index in [4.69, 9.17) is 0 Å². The Labute approximate surface area is 134 Å². The van der Waals surface area contributed by atoms with Gasteiger partial charge in [-0.2, -0.15) is 0 Å². The van der Waals surface area contributed by atoms with Crippen molar-refractivity contribution >= 4 is 5.91 Å². The first kappa shape index (κ1) is 16.8. The van der Waals surface area contributed by atoms with Gasteiger partial charge in [0.25, 0.3) is 0 Å². The molecule has 2 atom stereocenters. The number of hydrogen-bond donors (Lipinski definition) is 1. The van der Waals surface area contributed by atoms with Crippen LogP contribution in [0, 0.1) is 5.92 Å². The van der Waals surface area contributed by atoms with Gasteiger partial charge in [-0.15, -0.1) is 0 Å². The lowest BCUT2D eigenvalue weighted by Gasteiger charge is -2.25. The molecule has 0 bridgehead atoms. The summed E-state index contributed by atoms with van der Waals surface area (Å²) in [6.45, 7) is 2.82. The van der Waals surface area contributed by atoms with E-state index < -0.39 is 0 Å². The third-order valence-corrected chi connectivity index (χ3v) is 4.45. The Hall–Kier alpha value is -1.61. The molecular formula is C19H28N2O. The predicted octanol–water partition coefficient (Wildman–Crippen LogP) is 3.32. The smallest absolute Gasteiger partial charge is 0.220 e. The Kier molecular flexibility index (Phi) is 6.20. The van der Waals surface area contributed by atoms with E-state index >= 15 is 0 Å². The van der Waals surface area contributed by atoms with Crippen LogP contribution in [-0.4, -0.2) is 31.4 Å². The fourth-order valence-electron chi connectivity index (χ4n) is 2.96. The molecule has 0 saturated heterocycles. The molecule has 1 N–H and O–H groups in total. The van der Waals surface area contributed by atoms with Gasteiger partial charge in [-0.05, 0) is 50.4 Å². The molecule has 3 heteroatoms. The Morgan fingerprint density at radius 1 is 1.32 bits per heavy atom. The number of carbonyl (C=O) groups excluding carboxylic acids is 1. The van der Waals surface area contributed by atoms with Gasteiger partial charge in [0.15, 0.2) is 0 Å². The normalized spacial score (nSPS) is 18.6. The molecule has 1 amide bonds. The summed E-state index contributed by atoms with van der Waals surface area (Å²) in [5.74, 6) is 0.593. The molecule has 1 aliphatic rings. The molecule has 0 heterocycles. The second-order valence-electron chi connectivity index (χ2n) is 6.35. The molecule has 2 unspecified atom stereocenters. The van der Waals surface area contributed by atoms with Crippen LogP contribution in [0.25, 0.3) is 0 Å². The number of amides is 1. The number of likely N-dealkylation sites (N-methyl/N-ethyl adjacent to an activating group) is 1. The van der Waals surface area contributed by atoms with Crippen LogP contribution in [0.3, 0.4) is 0 Å². The first-order valence-corrected chi connectivity index (χ1v) is 8.28. The van der Waals surface area contributed by atoms with Gasteiger partial charge in [-0.3, -0.25) is 4.79 Å².